The molecule has 2 aromatic rings. The molecule has 106 valence electrons. The number of carbonyl (C=O) groups is 1. The molecule has 0 radical (unpaired) electrons. The third kappa shape index (κ3) is 3.09. The predicted octanol–water partition coefficient (Wildman–Crippen LogP) is 0.974. The van der Waals surface area contributed by atoms with Crippen molar-refractivity contribution in [1.82, 2.24) is 4.57 Å². The second-order valence-electron chi connectivity index (χ2n) is 4.64. The lowest BCUT2D eigenvalue weighted by Crippen LogP contribution is -2.25. The lowest BCUT2D eigenvalue weighted by molar-refractivity contribution is -0.671. The van der Waals surface area contributed by atoms with Gasteiger partial charge in [0.05, 0.1) is 19.8 Å². The van der Waals surface area contributed by atoms with Gasteiger partial charge >= 0.3 is 0 Å². The molecule has 0 saturated carbocycles. The van der Waals surface area contributed by atoms with E-state index in [4.69, 9.17) is 4.74 Å². The van der Waals surface area contributed by atoms with Crippen LogP contribution in [0.25, 0.3) is 0 Å². The van der Waals surface area contributed by atoms with E-state index in [1.807, 2.05) is 24.7 Å². The molecule has 1 aromatic heterocycles. The average molecular weight is 276 g/mol. The Bertz CT molecular complexity index is 635. The van der Waals surface area contributed by atoms with Crippen molar-refractivity contribution in [3.05, 3.63) is 36.4 Å². The fourth-order valence-corrected chi connectivity index (χ4v) is 1.94. The highest BCUT2D eigenvalue weighted by molar-refractivity contribution is 5.92. The minimum atomic E-state index is -0.220. The molecular formula is C14H18N3O3+. The molecule has 0 aliphatic heterocycles. The average Bonchev–Trinajstić information content (AvgIpc) is 2.78. The number of aromatic nitrogens is 2. The first-order chi connectivity index (χ1) is 9.49. The van der Waals surface area contributed by atoms with Gasteiger partial charge in [0.25, 0.3) is 5.91 Å². The van der Waals surface area contributed by atoms with E-state index in [-0.39, 0.29) is 18.2 Å². The molecule has 0 bridgehead atoms. The SMILES string of the molecule is COc1cc(NC(=O)Cn2cc[n+](C)c2)c(O)cc1C. The van der Waals surface area contributed by atoms with Crippen LogP contribution in [-0.2, 0) is 18.4 Å². The summed E-state index contributed by atoms with van der Waals surface area (Å²) in [5.74, 6) is 0.419. The van der Waals surface area contributed by atoms with E-state index in [1.54, 1.807) is 36.3 Å². The van der Waals surface area contributed by atoms with Crippen molar-refractivity contribution in [1.29, 1.82) is 0 Å². The molecule has 1 heterocycles. The van der Waals surface area contributed by atoms with Gasteiger partial charge in [-0.2, -0.15) is 0 Å². The minimum Gasteiger partial charge on any atom is -0.506 e. The number of rotatable bonds is 4. The number of nitrogens with zero attached hydrogens (tertiary/aromatic N) is 2. The second-order valence-corrected chi connectivity index (χ2v) is 4.64. The highest BCUT2D eigenvalue weighted by Gasteiger charge is 2.12. The lowest BCUT2D eigenvalue weighted by Gasteiger charge is -2.10. The Balaban J connectivity index is 2.11. The third-order valence-corrected chi connectivity index (χ3v) is 2.94. The lowest BCUT2D eigenvalue weighted by atomic mass is 10.2. The number of carbonyl (C=O) groups excluding carboxylic acids is 1. The Morgan fingerprint density at radius 1 is 1.50 bits per heavy atom. The van der Waals surface area contributed by atoms with Gasteiger partial charge in [0.2, 0.25) is 6.33 Å². The van der Waals surface area contributed by atoms with Crippen molar-refractivity contribution in [3.63, 3.8) is 0 Å². The highest BCUT2D eigenvalue weighted by Crippen LogP contribution is 2.31. The smallest absolute Gasteiger partial charge is 0.266 e. The maximum Gasteiger partial charge on any atom is 0.266 e. The zero-order valence-electron chi connectivity index (χ0n) is 11.8. The Kier molecular flexibility index (Phi) is 3.93. The number of ether oxygens (including phenoxy) is 1. The van der Waals surface area contributed by atoms with Crippen molar-refractivity contribution in [2.75, 3.05) is 12.4 Å². The highest BCUT2D eigenvalue weighted by atomic mass is 16.5. The Labute approximate surface area is 117 Å². The molecule has 0 saturated heterocycles. The van der Waals surface area contributed by atoms with Crippen molar-refractivity contribution in [3.8, 4) is 11.5 Å². The molecule has 0 aliphatic carbocycles. The van der Waals surface area contributed by atoms with Gasteiger partial charge in [-0.1, -0.05) is 0 Å². The fraction of sp³-hybridized carbons (Fsp3) is 0.286. The fourth-order valence-electron chi connectivity index (χ4n) is 1.94. The van der Waals surface area contributed by atoms with Crippen molar-refractivity contribution >= 4 is 11.6 Å². The second kappa shape index (κ2) is 5.64. The quantitative estimate of drug-likeness (QED) is 0.646. The van der Waals surface area contributed by atoms with Gasteiger partial charge in [-0.15, -0.1) is 0 Å². The topological polar surface area (TPSA) is 67.4 Å². The van der Waals surface area contributed by atoms with Gasteiger partial charge in [0, 0.05) is 6.07 Å². The summed E-state index contributed by atoms with van der Waals surface area (Å²) in [7, 11) is 3.43. The number of hydrogen-bond acceptors (Lipinski definition) is 3. The van der Waals surface area contributed by atoms with E-state index in [9.17, 15) is 9.90 Å². The molecule has 6 nitrogen and oxygen atoms in total. The van der Waals surface area contributed by atoms with Crippen LogP contribution in [0.2, 0.25) is 0 Å². The van der Waals surface area contributed by atoms with Gasteiger partial charge < -0.3 is 15.2 Å². The van der Waals surface area contributed by atoms with Crippen LogP contribution in [-0.4, -0.2) is 22.7 Å². The third-order valence-electron chi connectivity index (χ3n) is 2.94. The number of nitrogens with one attached hydrogen (secondary N) is 1. The monoisotopic (exact) mass is 276 g/mol. The van der Waals surface area contributed by atoms with E-state index in [2.05, 4.69) is 5.32 Å². The molecule has 0 fully saturated rings. The Hall–Kier alpha value is -2.50. The van der Waals surface area contributed by atoms with E-state index in [0.29, 0.717) is 11.4 Å². The van der Waals surface area contributed by atoms with Gasteiger partial charge in [0.1, 0.15) is 23.9 Å². The molecule has 2 N–H and O–H groups in total. The van der Waals surface area contributed by atoms with E-state index in [1.165, 1.54) is 0 Å². The number of anilines is 1. The van der Waals surface area contributed by atoms with E-state index >= 15 is 0 Å². The molecule has 0 spiro atoms. The number of methoxy groups -OCH3 is 1. The van der Waals surface area contributed by atoms with Gasteiger partial charge in [0.15, 0.2) is 6.54 Å². The Morgan fingerprint density at radius 2 is 2.25 bits per heavy atom. The van der Waals surface area contributed by atoms with Crippen LogP contribution in [0.15, 0.2) is 30.9 Å². The van der Waals surface area contributed by atoms with Crippen LogP contribution >= 0.6 is 0 Å². The number of hydrogen-bond donors (Lipinski definition) is 2. The number of amides is 1. The molecule has 6 heteroatoms. The van der Waals surface area contributed by atoms with Gasteiger partial charge in [-0.05, 0) is 18.6 Å². The van der Waals surface area contributed by atoms with Gasteiger partial charge in [-0.3, -0.25) is 4.79 Å². The summed E-state index contributed by atoms with van der Waals surface area (Å²) >= 11 is 0. The van der Waals surface area contributed by atoms with Crippen LogP contribution in [0.1, 0.15) is 5.56 Å². The zero-order chi connectivity index (χ0) is 14.7. The summed E-state index contributed by atoms with van der Waals surface area (Å²) < 4.78 is 8.77. The van der Waals surface area contributed by atoms with Crippen LogP contribution < -0.4 is 14.6 Å². The molecule has 1 aromatic carbocycles. The standard InChI is InChI=1S/C14H17N3O3/c1-10-6-12(18)11(7-13(10)20-3)15-14(19)8-17-5-4-16(2)9-17/h4-7,9H,8H2,1-3H3,(H-,15,18,19)/p+1. The normalized spacial score (nSPS) is 10.3. The molecule has 0 atom stereocenters. The van der Waals surface area contributed by atoms with Crippen LogP contribution in [0.4, 0.5) is 5.69 Å². The minimum absolute atomic E-state index is 0.0229. The summed E-state index contributed by atoms with van der Waals surface area (Å²) in [6, 6.07) is 3.17. The molecule has 0 aliphatic rings. The molecule has 2 rings (SSSR count). The zero-order valence-corrected chi connectivity index (χ0v) is 11.8. The maximum atomic E-state index is 11.9. The number of aryl methyl sites for hydroxylation is 2. The van der Waals surface area contributed by atoms with E-state index < -0.39 is 0 Å². The summed E-state index contributed by atoms with van der Waals surface area (Å²) in [6.07, 6.45) is 5.45. The van der Waals surface area contributed by atoms with Gasteiger partial charge in [-0.25, -0.2) is 9.13 Å². The molecular weight excluding hydrogens is 258 g/mol. The molecule has 0 unspecified atom stereocenters. The summed E-state index contributed by atoms with van der Waals surface area (Å²) in [4.78, 5) is 11.9. The van der Waals surface area contributed by atoms with Crippen molar-refractivity contribution in [2.24, 2.45) is 7.05 Å². The maximum absolute atomic E-state index is 11.9. The number of aromatic hydroxyl groups is 1. The number of phenolic OH excluding ortho intramolecular Hbond substituents is 1. The van der Waals surface area contributed by atoms with Crippen LogP contribution in [0.5, 0.6) is 11.5 Å². The first kappa shape index (κ1) is 13.9. The van der Waals surface area contributed by atoms with Crippen LogP contribution in [0.3, 0.4) is 0 Å². The first-order valence-corrected chi connectivity index (χ1v) is 6.18. The largest absolute Gasteiger partial charge is 0.506 e. The number of imidazole rings is 1. The molecule has 1 amide bonds. The van der Waals surface area contributed by atoms with Crippen molar-refractivity contribution in [2.45, 2.75) is 13.5 Å². The number of benzene rings is 1. The number of phenols is 1. The molecule has 20 heavy (non-hydrogen) atoms. The summed E-state index contributed by atoms with van der Waals surface area (Å²) in [6.45, 7) is 2.00. The first-order valence-electron chi connectivity index (χ1n) is 6.18. The summed E-state index contributed by atoms with van der Waals surface area (Å²) in [5, 5.41) is 12.5. The summed E-state index contributed by atoms with van der Waals surface area (Å²) in [5.41, 5.74) is 1.15. The van der Waals surface area contributed by atoms with Crippen molar-refractivity contribution < 1.29 is 19.2 Å². The van der Waals surface area contributed by atoms with E-state index in [0.717, 1.165) is 5.56 Å². The van der Waals surface area contributed by atoms with Crippen LogP contribution in [0, 0.1) is 6.92 Å². The Morgan fingerprint density at radius 3 is 2.85 bits per heavy atom. The predicted molar refractivity (Wildman–Crippen MR) is 73.6 cm³/mol.